The first-order valence-electron chi connectivity index (χ1n) is 8.52. The predicted molar refractivity (Wildman–Crippen MR) is 88.1 cm³/mol. The second kappa shape index (κ2) is 10.9. The lowest BCUT2D eigenvalue weighted by Gasteiger charge is -2.22. The Labute approximate surface area is 125 Å². The molecule has 0 aliphatic carbocycles. The van der Waals surface area contributed by atoms with E-state index in [-0.39, 0.29) is 6.10 Å². The molecule has 1 aromatic rings. The summed E-state index contributed by atoms with van der Waals surface area (Å²) in [5.41, 5.74) is 1.28. The van der Waals surface area contributed by atoms with Gasteiger partial charge in [0.1, 0.15) is 0 Å². The molecular weight excluding hydrogens is 244 g/mol. The smallest absolute Gasteiger partial charge is 0.0608 e. The molecule has 114 valence electrons. The molecule has 0 saturated carbocycles. The van der Waals surface area contributed by atoms with Gasteiger partial charge in [-0.3, -0.25) is 0 Å². The van der Waals surface area contributed by atoms with Gasteiger partial charge < -0.3 is 5.11 Å². The van der Waals surface area contributed by atoms with Crippen molar-refractivity contribution >= 4 is 0 Å². The number of aliphatic hydroxyl groups is 1. The molecule has 20 heavy (non-hydrogen) atoms. The van der Waals surface area contributed by atoms with E-state index in [1.807, 2.05) is 6.07 Å². The predicted octanol–water partition coefficient (Wildman–Crippen LogP) is 5.68. The van der Waals surface area contributed by atoms with Crippen molar-refractivity contribution in [1.29, 1.82) is 0 Å². The standard InChI is InChI=1S/C19H32O/c1-3-5-6-7-8-9-13-16-19(20)18(4-2)17-14-11-10-12-15-17/h10-12,14-15,18-20H,3-9,13,16H2,1-2H3. The minimum atomic E-state index is -0.182. The van der Waals surface area contributed by atoms with Gasteiger partial charge in [-0.2, -0.15) is 0 Å². The minimum Gasteiger partial charge on any atom is -0.392 e. The van der Waals surface area contributed by atoms with E-state index in [4.69, 9.17) is 0 Å². The fraction of sp³-hybridized carbons (Fsp3) is 0.684. The summed E-state index contributed by atoms with van der Waals surface area (Å²) in [6, 6.07) is 10.5. The highest BCUT2D eigenvalue weighted by atomic mass is 16.3. The van der Waals surface area contributed by atoms with Gasteiger partial charge in [0, 0.05) is 5.92 Å². The topological polar surface area (TPSA) is 20.2 Å². The van der Waals surface area contributed by atoms with Gasteiger partial charge in [-0.25, -0.2) is 0 Å². The Morgan fingerprint density at radius 1 is 0.850 bits per heavy atom. The summed E-state index contributed by atoms with van der Waals surface area (Å²) >= 11 is 0. The van der Waals surface area contributed by atoms with Gasteiger partial charge in [0.15, 0.2) is 0 Å². The number of benzene rings is 1. The Hall–Kier alpha value is -0.820. The zero-order valence-corrected chi connectivity index (χ0v) is 13.4. The summed E-state index contributed by atoms with van der Waals surface area (Å²) in [5.74, 6) is 0.302. The second-order valence-corrected chi connectivity index (χ2v) is 5.90. The zero-order chi connectivity index (χ0) is 14.6. The van der Waals surface area contributed by atoms with E-state index < -0.39 is 0 Å². The molecule has 0 aliphatic rings. The molecule has 1 heteroatoms. The maximum Gasteiger partial charge on any atom is 0.0608 e. The average molecular weight is 276 g/mol. The maximum atomic E-state index is 10.4. The Balaban J connectivity index is 2.22. The van der Waals surface area contributed by atoms with Gasteiger partial charge in [0.2, 0.25) is 0 Å². The van der Waals surface area contributed by atoms with Crippen molar-refractivity contribution in [2.45, 2.75) is 83.7 Å². The third-order valence-electron chi connectivity index (χ3n) is 4.24. The molecule has 1 rings (SSSR count). The Morgan fingerprint density at radius 3 is 2.05 bits per heavy atom. The number of aliphatic hydroxyl groups excluding tert-OH is 1. The van der Waals surface area contributed by atoms with Crippen LogP contribution < -0.4 is 0 Å². The summed E-state index contributed by atoms with van der Waals surface area (Å²) in [7, 11) is 0. The molecule has 2 unspecified atom stereocenters. The van der Waals surface area contributed by atoms with Crippen molar-refractivity contribution in [2.75, 3.05) is 0 Å². The van der Waals surface area contributed by atoms with Crippen LogP contribution in [0.5, 0.6) is 0 Å². The van der Waals surface area contributed by atoms with E-state index >= 15 is 0 Å². The van der Waals surface area contributed by atoms with E-state index in [1.165, 1.54) is 44.1 Å². The third kappa shape index (κ3) is 6.56. The van der Waals surface area contributed by atoms with Crippen molar-refractivity contribution < 1.29 is 5.11 Å². The molecule has 0 heterocycles. The molecule has 0 aromatic heterocycles. The summed E-state index contributed by atoms with van der Waals surface area (Å²) in [4.78, 5) is 0. The molecular formula is C19H32O. The summed E-state index contributed by atoms with van der Waals surface area (Å²) in [6.45, 7) is 4.43. The van der Waals surface area contributed by atoms with Crippen LogP contribution in [0.25, 0.3) is 0 Å². The van der Waals surface area contributed by atoms with E-state index in [2.05, 4.69) is 38.1 Å². The van der Waals surface area contributed by atoms with Crippen molar-refractivity contribution in [3.63, 3.8) is 0 Å². The van der Waals surface area contributed by atoms with Gasteiger partial charge in [-0.05, 0) is 18.4 Å². The van der Waals surface area contributed by atoms with Gasteiger partial charge in [-0.1, -0.05) is 89.1 Å². The van der Waals surface area contributed by atoms with Gasteiger partial charge >= 0.3 is 0 Å². The maximum absolute atomic E-state index is 10.4. The van der Waals surface area contributed by atoms with E-state index in [0.29, 0.717) is 5.92 Å². The molecule has 0 bridgehead atoms. The van der Waals surface area contributed by atoms with E-state index in [1.54, 1.807) is 0 Å². The molecule has 0 amide bonds. The Morgan fingerprint density at radius 2 is 1.45 bits per heavy atom. The number of rotatable bonds is 11. The number of hydrogen-bond donors (Lipinski definition) is 1. The summed E-state index contributed by atoms with van der Waals surface area (Å²) < 4.78 is 0. The molecule has 0 saturated heterocycles. The fourth-order valence-corrected chi connectivity index (χ4v) is 2.94. The molecule has 2 atom stereocenters. The van der Waals surface area contributed by atoms with Gasteiger partial charge in [0.25, 0.3) is 0 Å². The largest absolute Gasteiger partial charge is 0.392 e. The average Bonchev–Trinajstić information content (AvgIpc) is 2.48. The lowest BCUT2D eigenvalue weighted by atomic mass is 9.88. The normalized spacial score (nSPS) is 14.2. The molecule has 0 spiro atoms. The van der Waals surface area contributed by atoms with Crippen molar-refractivity contribution in [1.82, 2.24) is 0 Å². The van der Waals surface area contributed by atoms with E-state index in [0.717, 1.165) is 19.3 Å². The minimum absolute atomic E-state index is 0.182. The van der Waals surface area contributed by atoms with Crippen molar-refractivity contribution in [3.8, 4) is 0 Å². The SMILES string of the molecule is CCCCCCCCCC(O)C(CC)c1ccccc1. The Kier molecular flexibility index (Phi) is 9.40. The second-order valence-electron chi connectivity index (χ2n) is 5.90. The van der Waals surface area contributed by atoms with Crippen LogP contribution in [-0.2, 0) is 0 Å². The van der Waals surface area contributed by atoms with Crippen molar-refractivity contribution in [3.05, 3.63) is 35.9 Å². The molecule has 1 N–H and O–H groups in total. The number of hydrogen-bond acceptors (Lipinski definition) is 1. The quantitative estimate of drug-likeness (QED) is 0.515. The lowest BCUT2D eigenvalue weighted by molar-refractivity contribution is 0.127. The van der Waals surface area contributed by atoms with Crippen LogP contribution >= 0.6 is 0 Å². The molecule has 1 nitrogen and oxygen atoms in total. The first kappa shape index (κ1) is 17.2. The van der Waals surface area contributed by atoms with Gasteiger partial charge in [0.05, 0.1) is 6.10 Å². The molecule has 0 radical (unpaired) electrons. The molecule has 1 aromatic carbocycles. The van der Waals surface area contributed by atoms with Crippen molar-refractivity contribution in [2.24, 2.45) is 0 Å². The van der Waals surface area contributed by atoms with Crippen LogP contribution in [0.4, 0.5) is 0 Å². The van der Waals surface area contributed by atoms with Crippen LogP contribution in [-0.4, -0.2) is 11.2 Å². The summed E-state index contributed by atoms with van der Waals surface area (Å²) in [5, 5.41) is 10.4. The van der Waals surface area contributed by atoms with E-state index in [9.17, 15) is 5.11 Å². The third-order valence-corrected chi connectivity index (χ3v) is 4.24. The fourth-order valence-electron chi connectivity index (χ4n) is 2.94. The first-order valence-corrected chi connectivity index (χ1v) is 8.52. The highest BCUT2D eigenvalue weighted by molar-refractivity contribution is 5.20. The Bertz CT molecular complexity index is 320. The molecule has 0 fully saturated rings. The molecule has 0 aliphatic heterocycles. The van der Waals surface area contributed by atoms with Crippen LogP contribution in [0.15, 0.2) is 30.3 Å². The van der Waals surface area contributed by atoms with Crippen LogP contribution in [0.2, 0.25) is 0 Å². The highest BCUT2D eigenvalue weighted by Crippen LogP contribution is 2.26. The first-order chi connectivity index (χ1) is 9.79. The van der Waals surface area contributed by atoms with Crippen LogP contribution in [0.1, 0.15) is 83.1 Å². The summed E-state index contributed by atoms with van der Waals surface area (Å²) in [6.07, 6.45) is 11.0. The van der Waals surface area contributed by atoms with Crippen LogP contribution in [0.3, 0.4) is 0 Å². The number of unbranched alkanes of at least 4 members (excludes halogenated alkanes) is 6. The monoisotopic (exact) mass is 276 g/mol. The zero-order valence-electron chi connectivity index (χ0n) is 13.4. The van der Waals surface area contributed by atoms with Gasteiger partial charge in [-0.15, -0.1) is 0 Å². The lowest BCUT2D eigenvalue weighted by Crippen LogP contribution is -2.17. The highest BCUT2D eigenvalue weighted by Gasteiger charge is 2.18. The van der Waals surface area contributed by atoms with Crippen LogP contribution in [0, 0.1) is 0 Å².